The van der Waals surface area contributed by atoms with E-state index < -0.39 is 18.1 Å². The monoisotopic (exact) mass is 940 g/mol. The van der Waals surface area contributed by atoms with Gasteiger partial charge < -0.3 is 28.6 Å². The van der Waals surface area contributed by atoms with Crippen molar-refractivity contribution in [3.8, 4) is 0 Å². The Balaban J connectivity index is 4.21. The number of carboxylic acid groups (broad SMARTS) is 1. The number of carbonyl (C=O) groups excluding carboxylic acids is 3. The molecule has 2 atom stereocenters. The zero-order chi connectivity index (χ0) is 49.2. The van der Waals surface area contributed by atoms with E-state index in [-0.39, 0.29) is 42.7 Å². The number of hydrogen-bond donors (Lipinski definition) is 0. The molecule has 0 aromatic rings. The molecule has 0 aliphatic rings. The average molecular weight is 940 g/mol. The van der Waals surface area contributed by atoms with Crippen LogP contribution in [-0.4, -0.2) is 75.5 Å². The van der Waals surface area contributed by atoms with Gasteiger partial charge in [0.1, 0.15) is 12.6 Å². The van der Waals surface area contributed by atoms with Crippen LogP contribution in [0.4, 0.5) is 0 Å². The topological polar surface area (TPSA) is 102 Å². The fraction of sp³-hybridized carbons (Fsp3) is 0.780. The highest BCUT2D eigenvalue weighted by molar-refractivity contribution is 5.70. The van der Waals surface area contributed by atoms with Crippen molar-refractivity contribution in [1.29, 1.82) is 0 Å². The van der Waals surface area contributed by atoms with Crippen LogP contribution in [0.15, 0.2) is 60.8 Å². The third kappa shape index (κ3) is 47.9. The number of carbonyl (C=O) groups is 3. The number of nitrogens with zero attached hydrogens (tertiary/aromatic N) is 1. The predicted molar refractivity (Wildman–Crippen MR) is 282 cm³/mol. The molecule has 0 radical (unpaired) electrons. The van der Waals surface area contributed by atoms with E-state index in [0.717, 1.165) is 83.5 Å². The minimum Gasteiger partial charge on any atom is -0.544 e. The Morgan fingerprint density at radius 3 is 1.24 bits per heavy atom. The maximum absolute atomic E-state index is 12.8. The number of esters is 2. The van der Waals surface area contributed by atoms with Crippen LogP contribution >= 0.6 is 0 Å². The lowest BCUT2D eigenvalue weighted by molar-refractivity contribution is -0.889. The molecule has 0 aliphatic carbocycles. The van der Waals surface area contributed by atoms with E-state index in [4.69, 9.17) is 14.2 Å². The van der Waals surface area contributed by atoms with Crippen molar-refractivity contribution in [2.45, 2.75) is 257 Å². The zero-order valence-electron chi connectivity index (χ0n) is 44.3. The van der Waals surface area contributed by atoms with Gasteiger partial charge in [0, 0.05) is 19.3 Å². The molecular weight excluding hydrogens is 835 g/mol. The minimum atomic E-state index is -1.13. The number of rotatable bonds is 50. The third-order valence-corrected chi connectivity index (χ3v) is 12.4. The van der Waals surface area contributed by atoms with E-state index in [2.05, 4.69) is 74.6 Å². The molecule has 0 spiro atoms. The van der Waals surface area contributed by atoms with Crippen molar-refractivity contribution in [1.82, 2.24) is 0 Å². The Hall–Kier alpha value is -2.97. The molecular formula is C59H105NO7. The molecule has 0 amide bonds. The molecule has 8 heteroatoms. The van der Waals surface area contributed by atoms with E-state index in [1.165, 1.54) is 128 Å². The molecule has 0 rings (SSSR count). The van der Waals surface area contributed by atoms with Crippen LogP contribution in [0.5, 0.6) is 0 Å². The summed E-state index contributed by atoms with van der Waals surface area (Å²) in [5.74, 6) is -1.74. The van der Waals surface area contributed by atoms with Crippen molar-refractivity contribution < 1.29 is 38.2 Å². The van der Waals surface area contributed by atoms with Crippen LogP contribution in [0, 0.1) is 0 Å². The molecule has 8 nitrogen and oxygen atoms in total. The van der Waals surface area contributed by atoms with Gasteiger partial charge in [-0.05, 0) is 57.8 Å². The highest BCUT2D eigenvalue weighted by atomic mass is 16.6. The average Bonchev–Trinajstić information content (AvgIpc) is 3.29. The van der Waals surface area contributed by atoms with Crippen molar-refractivity contribution >= 4 is 17.9 Å². The normalized spacial score (nSPS) is 13.3. The van der Waals surface area contributed by atoms with Crippen LogP contribution in [0.2, 0.25) is 0 Å². The van der Waals surface area contributed by atoms with E-state index in [1.54, 1.807) is 21.1 Å². The Morgan fingerprint density at radius 2 is 0.836 bits per heavy atom. The first-order chi connectivity index (χ1) is 32.6. The van der Waals surface area contributed by atoms with Gasteiger partial charge in [0.05, 0.1) is 40.3 Å². The fourth-order valence-electron chi connectivity index (χ4n) is 8.16. The molecule has 0 heterocycles. The van der Waals surface area contributed by atoms with Gasteiger partial charge in [-0.15, -0.1) is 0 Å². The summed E-state index contributed by atoms with van der Waals surface area (Å²) in [6.07, 6.45) is 62.5. The number of unbranched alkanes of at least 4 members (excludes halogenated alkanes) is 26. The molecule has 388 valence electrons. The number of ether oxygens (including phenoxy) is 3. The lowest BCUT2D eigenvalue weighted by Gasteiger charge is -2.34. The highest BCUT2D eigenvalue weighted by Crippen LogP contribution is 2.16. The van der Waals surface area contributed by atoms with Crippen LogP contribution in [0.1, 0.15) is 245 Å². The van der Waals surface area contributed by atoms with Gasteiger partial charge in [-0.25, -0.2) is 0 Å². The van der Waals surface area contributed by atoms with Crippen molar-refractivity contribution in [3.05, 3.63) is 60.8 Å². The van der Waals surface area contributed by atoms with Gasteiger partial charge in [0.2, 0.25) is 0 Å². The third-order valence-electron chi connectivity index (χ3n) is 12.4. The summed E-state index contributed by atoms with van der Waals surface area (Å²) in [5, 5.41) is 11.7. The van der Waals surface area contributed by atoms with Crippen molar-refractivity contribution in [2.75, 3.05) is 41.0 Å². The summed E-state index contributed by atoms with van der Waals surface area (Å²) in [6.45, 7) is 4.57. The van der Waals surface area contributed by atoms with Gasteiger partial charge in [-0.2, -0.15) is 0 Å². The smallest absolute Gasteiger partial charge is 0.306 e. The molecule has 0 aromatic heterocycles. The largest absolute Gasteiger partial charge is 0.544 e. The Bertz CT molecular complexity index is 1280. The quantitative estimate of drug-likeness (QED) is 0.0259. The van der Waals surface area contributed by atoms with Gasteiger partial charge in [0.25, 0.3) is 0 Å². The molecule has 2 unspecified atom stereocenters. The van der Waals surface area contributed by atoms with Crippen molar-refractivity contribution in [3.63, 3.8) is 0 Å². The van der Waals surface area contributed by atoms with Gasteiger partial charge >= 0.3 is 11.9 Å². The van der Waals surface area contributed by atoms with Crippen LogP contribution < -0.4 is 5.11 Å². The maximum atomic E-state index is 12.8. The number of likely N-dealkylation sites (N-methyl/N-ethyl adjacent to an activating group) is 1. The maximum Gasteiger partial charge on any atom is 0.306 e. The fourth-order valence-corrected chi connectivity index (χ4v) is 8.16. The number of carboxylic acids is 1. The number of allylic oxidation sites excluding steroid dienone is 10. The summed E-state index contributed by atoms with van der Waals surface area (Å²) in [6, 6.07) is -0.730. The minimum absolute atomic E-state index is 0.0366. The Kier molecular flexibility index (Phi) is 47.3. The van der Waals surface area contributed by atoms with E-state index in [9.17, 15) is 19.5 Å². The second-order valence-corrected chi connectivity index (χ2v) is 19.8. The van der Waals surface area contributed by atoms with Crippen LogP contribution in [0.25, 0.3) is 0 Å². The van der Waals surface area contributed by atoms with Crippen LogP contribution in [0.3, 0.4) is 0 Å². The number of hydrogen-bond acceptors (Lipinski definition) is 7. The number of aliphatic carboxylic acids is 1. The molecule has 0 aliphatic heterocycles. The summed E-state index contributed by atoms with van der Waals surface area (Å²) in [4.78, 5) is 37.1. The summed E-state index contributed by atoms with van der Waals surface area (Å²) < 4.78 is 17.3. The Morgan fingerprint density at radius 1 is 0.463 bits per heavy atom. The molecule has 0 saturated carbocycles. The predicted octanol–water partition coefficient (Wildman–Crippen LogP) is 15.1. The molecule has 0 bridgehead atoms. The molecule has 0 fully saturated rings. The standard InChI is InChI=1S/C59H105NO7/c1-6-8-10-12-14-16-18-20-22-24-26-28-29-30-32-34-36-38-40-42-44-46-48-50-58(62)67-55(53-65-52-51-56(59(63)64)60(3,4)5)54-66-57(61)49-47-45-43-41-39-37-35-33-31-27-25-23-21-19-17-15-13-11-9-7-2/h8,10,14,16,20,22,26,28,30,32,55-56H,6-7,9,11-13,15,17-19,21,23-25,27,29,31,33-54H2,1-5H3/b10-8+,16-14+,22-20+,28-26+,32-30+. The summed E-state index contributed by atoms with van der Waals surface area (Å²) >= 11 is 0. The molecule has 0 N–H and O–H groups in total. The highest BCUT2D eigenvalue weighted by Gasteiger charge is 2.25. The van der Waals surface area contributed by atoms with Gasteiger partial charge in [-0.1, -0.05) is 229 Å². The molecule has 67 heavy (non-hydrogen) atoms. The summed E-state index contributed by atoms with van der Waals surface area (Å²) in [7, 11) is 5.42. The first kappa shape index (κ1) is 64.0. The lowest BCUT2D eigenvalue weighted by Crippen LogP contribution is -2.55. The first-order valence-electron chi connectivity index (χ1n) is 27.8. The van der Waals surface area contributed by atoms with Gasteiger partial charge in [-0.3, -0.25) is 9.59 Å². The zero-order valence-corrected chi connectivity index (χ0v) is 44.3. The Labute approximate surface area is 413 Å². The van der Waals surface area contributed by atoms with E-state index >= 15 is 0 Å². The second-order valence-electron chi connectivity index (χ2n) is 19.8. The van der Waals surface area contributed by atoms with Crippen molar-refractivity contribution in [2.24, 2.45) is 0 Å². The second kappa shape index (κ2) is 49.5. The first-order valence-corrected chi connectivity index (χ1v) is 27.8. The SMILES string of the molecule is CC/C=C/C/C=C/C/C=C/C/C=C/C/C=C/CCCCCCCCCC(=O)OC(COCCC(C(=O)[O-])[N+](C)(C)C)COC(=O)CCCCCCCCCCCCCCCCCCCCCC. The van der Waals surface area contributed by atoms with Gasteiger partial charge in [0.15, 0.2) is 6.10 Å². The van der Waals surface area contributed by atoms with Crippen LogP contribution in [-0.2, 0) is 28.6 Å². The molecule has 0 saturated heterocycles. The van der Waals surface area contributed by atoms with E-state index in [0.29, 0.717) is 12.8 Å². The lowest BCUT2D eigenvalue weighted by atomic mass is 10.0. The molecule has 0 aromatic carbocycles. The van der Waals surface area contributed by atoms with E-state index in [1.807, 2.05) is 0 Å². The summed E-state index contributed by atoms with van der Waals surface area (Å²) in [5.41, 5.74) is 0. The number of quaternary nitrogens is 1.